The van der Waals surface area contributed by atoms with Gasteiger partial charge in [0.1, 0.15) is 11.9 Å². The van der Waals surface area contributed by atoms with Crippen LogP contribution in [0, 0.1) is 0 Å². The van der Waals surface area contributed by atoms with Gasteiger partial charge in [0.05, 0.1) is 6.10 Å². The maximum atomic E-state index is 10.7. The molecule has 0 saturated heterocycles. The summed E-state index contributed by atoms with van der Waals surface area (Å²) in [5, 5.41) is 29.6. The van der Waals surface area contributed by atoms with Crippen LogP contribution in [0.15, 0.2) is 18.2 Å². The van der Waals surface area contributed by atoms with Gasteiger partial charge in [-0.3, -0.25) is 4.79 Å². The number of hydrogen-bond donors (Lipinski definition) is 3. The van der Waals surface area contributed by atoms with E-state index < -0.39 is 12.2 Å². The van der Waals surface area contributed by atoms with Gasteiger partial charge < -0.3 is 15.3 Å². The second kappa shape index (κ2) is 6.99. The highest BCUT2D eigenvalue weighted by atomic mass is 35.5. The Morgan fingerprint density at radius 2 is 2.11 bits per heavy atom. The Labute approximate surface area is 115 Å². The summed E-state index contributed by atoms with van der Waals surface area (Å²) in [5.74, 6) is 0.260. The molecule has 3 N–H and O–H groups in total. The van der Waals surface area contributed by atoms with Crippen LogP contribution in [0.2, 0.25) is 5.02 Å². The monoisotopic (exact) mass is 290 g/mol. The summed E-state index contributed by atoms with van der Waals surface area (Å²) in [6.45, 7) is 1.44. The second-order valence-corrected chi connectivity index (χ2v) is 5.55. The summed E-state index contributed by atoms with van der Waals surface area (Å²) >= 11 is 6.76. The van der Waals surface area contributed by atoms with Gasteiger partial charge in [0.15, 0.2) is 5.12 Å². The molecular weight excluding hydrogens is 276 g/mol. The molecule has 2 atom stereocenters. The maximum absolute atomic E-state index is 10.7. The number of carbonyl (C=O) groups is 1. The number of thioether (sulfide) groups is 1. The van der Waals surface area contributed by atoms with Gasteiger partial charge in [-0.2, -0.15) is 0 Å². The van der Waals surface area contributed by atoms with E-state index in [0.29, 0.717) is 10.8 Å². The fourth-order valence-corrected chi connectivity index (χ4v) is 2.27. The first-order chi connectivity index (χ1) is 8.41. The van der Waals surface area contributed by atoms with Crippen LogP contribution in [-0.4, -0.2) is 32.3 Å². The van der Waals surface area contributed by atoms with Crippen molar-refractivity contribution in [3.63, 3.8) is 0 Å². The van der Waals surface area contributed by atoms with Crippen molar-refractivity contribution < 1.29 is 20.1 Å². The van der Waals surface area contributed by atoms with Crippen molar-refractivity contribution in [3.8, 4) is 5.75 Å². The summed E-state index contributed by atoms with van der Waals surface area (Å²) in [5.41, 5.74) is 0.222. The van der Waals surface area contributed by atoms with Gasteiger partial charge in [0.2, 0.25) is 0 Å². The first-order valence-electron chi connectivity index (χ1n) is 5.39. The molecule has 0 heterocycles. The highest BCUT2D eigenvalue weighted by Gasteiger charge is 2.21. The predicted molar refractivity (Wildman–Crippen MR) is 71.8 cm³/mol. The zero-order chi connectivity index (χ0) is 13.7. The topological polar surface area (TPSA) is 77.8 Å². The first kappa shape index (κ1) is 15.3. The molecule has 0 aliphatic carbocycles. The van der Waals surface area contributed by atoms with Crippen molar-refractivity contribution in [2.75, 3.05) is 5.75 Å². The first-order valence-corrected chi connectivity index (χ1v) is 6.76. The van der Waals surface area contributed by atoms with Crippen LogP contribution in [-0.2, 0) is 4.79 Å². The van der Waals surface area contributed by atoms with Crippen molar-refractivity contribution in [2.45, 2.75) is 25.6 Å². The average Bonchev–Trinajstić information content (AvgIpc) is 2.27. The van der Waals surface area contributed by atoms with Gasteiger partial charge in [-0.15, -0.1) is 0 Å². The molecule has 100 valence electrons. The molecule has 0 radical (unpaired) electrons. The van der Waals surface area contributed by atoms with Gasteiger partial charge in [-0.1, -0.05) is 29.4 Å². The highest BCUT2D eigenvalue weighted by Crippen LogP contribution is 2.30. The minimum atomic E-state index is -1.20. The van der Waals surface area contributed by atoms with Crippen LogP contribution < -0.4 is 0 Å². The van der Waals surface area contributed by atoms with Gasteiger partial charge in [0.25, 0.3) is 0 Å². The summed E-state index contributed by atoms with van der Waals surface area (Å²) in [7, 11) is 0. The summed E-state index contributed by atoms with van der Waals surface area (Å²) in [4.78, 5) is 10.7. The average molecular weight is 291 g/mol. The van der Waals surface area contributed by atoms with Crippen LogP contribution in [0.5, 0.6) is 5.75 Å². The zero-order valence-corrected chi connectivity index (χ0v) is 11.4. The lowest BCUT2D eigenvalue weighted by molar-refractivity contribution is -0.109. The number of halogens is 1. The normalized spacial score (nSPS) is 14.2. The third-order valence-corrected chi connectivity index (χ3v) is 3.48. The largest absolute Gasteiger partial charge is 0.508 e. The maximum Gasteiger partial charge on any atom is 0.185 e. The molecule has 1 aromatic rings. The number of benzene rings is 1. The molecule has 0 aliphatic heterocycles. The molecule has 0 aromatic heterocycles. The smallest absolute Gasteiger partial charge is 0.185 e. The third-order valence-electron chi connectivity index (χ3n) is 2.39. The SMILES string of the molecule is CC(=O)SCCC(O)C(O)c1ccc(Cl)cc1O. The Morgan fingerprint density at radius 1 is 1.44 bits per heavy atom. The minimum absolute atomic E-state index is 0.0361. The van der Waals surface area contributed by atoms with E-state index in [1.165, 1.54) is 25.1 Å². The number of hydrogen-bond acceptors (Lipinski definition) is 5. The Kier molecular flexibility index (Phi) is 5.95. The van der Waals surface area contributed by atoms with Gasteiger partial charge in [-0.25, -0.2) is 0 Å². The van der Waals surface area contributed by atoms with E-state index in [4.69, 9.17) is 11.6 Å². The van der Waals surface area contributed by atoms with E-state index in [1.807, 2.05) is 0 Å². The van der Waals surface area contributed by atoms with Crippen LogP contribution in [0.3, 0.4) is 0 Å². The molecule has 0 saturated carbocycles. The van der Waals surface area contributed by atoms with Gasteiger partial charge >= 0.3 is 0 Å². The molecule has 1 aromatic carbocycles. The second-order valence-electron chi connectivity index (χ2n) is 3.84. The molecule has 0 fully saturated rings. The number of phenols is 1. The van der Waals surface area contributed by atoms with Gasteiger partial charge in [-0.05, 0) is 18.6 Å². The summed E-state index contributed by atoms with van der Waals surface area (Å²) in [6.07, 6.45) is -1.98. The molecule has 6 heteroatoms. The lowest BCUT2D eigenvalue weighted by Crippen LogP contribution is -2.19. The fraction of sp³-hybridized carbons (Fsp3) is 0.417. The third kappa shape index (κ3) is 4.49. The number of carbonyl (C=O) groups excluding carboxylic acids is 1. The molecule has 4 nitrogen and oxygen atoms in total. The van der Waals surface area contributed by atoms with Crippen LogP contribution >= 0.6 is 23.4 Å². The number of aromatic hydroxyl groups is 1. The van der Waals surface area contributed by atoms with E-state index >= 15 is 0 Å². The minimum Gasteiger partial charge on any atom is -0.508 e. The van der Waals surface area contributed by atoms with Crippen molar-refractivity contribution in [3.05, 3.63) is 28.8 Å². The fourth-order valence-electron chi connectivity index (χ4n) is 1.46. The number of aliphatic hydroxyl groups is 2. The van der Waals surface area contributed by atoms with E-state index in [0.717, 1.165) is 11.8 Å². The number of phenolic OH excluding ortho intramolecular Hbond substituents is 1. The summed E-state index contributed by atoms with van der Waals surface area (Å²) in [6, 6.07) is 4.29. The van der Waals surface area contributed by atoms with Crippen LogP contribution in [0.4, 0.5) is 0 Å². The Bertz CT molecular complexity index is 425. The highest BCUT2D eigenvalue weighted by molar-refractivity contribution is 8.13. The van der Waals surface area contributed by atoms with Crippen molar-refractivity contribution in [1.29, 1.82) is 0 Å². The Morgan fingerprint density at radius 3 is 2.67 bits per heavy atom. The molecule has 0 spiro atoms. The van der Waals surface area contributed by atoms with E-state index in [-0.39, 0.29) is 22.8 Å². The van der Waals surface area contributed by atoms with Crippen molar-refractivity contribution in [2.24, 2.45) is 0 Å². The standard InChI is InChI=1S/C12H15ClO4S/c1-7(14)18-5-4-10(15)12(17)9-3-2-8(13)6-11(9)16/h2-3,6,10,12,15-17H,4-5H2,1H3. The molecule has 2 unspecified atom stereocenters. The Hall–Kier alpha value is -0.750. The van der Waals surface area contributed by atoms with E-state index in [1.54, 1.807) is 0 Å². The quantitative estimate of drug-likeness (QED) is 0.774. The van der Waals surface area contributed by atoms with Crippen LogP contribution in [0.25, 0.3) is 0 Å². The Balaban J connectivity index is 2.62. The lowest BCUT2D eigenvalue weighted by Gasteiger charge is -2.18. The van der Waals surface area contributed by atoms with E-state index in [9.17, 15) is 20.1 Å². The van der Waals surface area contributed by atoms with Crippen LogP contribution in [0.1, 0.15) is 25.0 Å². The predicted octanol–water partition coefficient (Wildman–Crippen LogP) is 2.11. The van der Waals surface area contributed by atoms with Crippen molar-refractivity contribution >= 4 is 28.5 Å². The van der Waals surface area contributed by atoms with Crippen molar-refractivity contribution in [1.82, 2.24) is 0 Å². The molecule has 0 bridgehead atoms. The zero-order valence-electron chi connectivity index (χ0n) is 9.84. The molecule has 1 rings (SSSR count). The van der Waals surface area contributed by atoms with E-state index in [2.05, 4.69) is 0 Å². The number of aliphatic hydroxyl groups excluding tert-OH is 2. The number of rotatable bonds is 5. The van der Waals surface area contributed by atoms with Gasteiger partial charge in [0, 0.05) is 23.3 Å². The molecule has 0 amide bonds. The lowest BCUT2D eigenvalue weighted by atomic mass is 10.0. The molecule has 18 heavy (non-hydrogen) atoms. The molecule has 0 aliphatic rings. The summed E-state index contributed by atoms with van der Waals surface area (Å²) < 4.78 is 0. The molecular formula is C12H15ClO4S.